The fourth-order valence-electron chi connectivity index (χ4n) is 3.11. The molecule has 2 aliphatic rings. The minimum atomic E-state index is 0.389. The molecule has 1 saturated heterocycles. The van der Waals surface area contributed by atoms with Crippen LogP contribution in [0.4, 0.5) is 0 Å². The Bertz CT molecular complexity index is 216. The Hall–Kier alpha value is -0.120. The number of nitrogens with one attached hydrogen (secondary N) is 1. The molecule has 100 valence electrons. The maximum absolute atomic E-state index is 5.78. The zero-order valence-corrected chi connectivity index (χ0v) is 11.5. The lowest BCUT2D eigenvalue weighted by Crippen LogP contribution is -2.47. The fourth-order valence-corrected chi connectivity index (χ4v) is 3.11. The number of hydrogen-bond donors (Lipinski definition) is 1. The van der Waals surface area contributed by atoms with Gasteiger partial charge in [0.2, 0.25) is 0 Å². The quantitative estimate of drug-likeness (QED) is 0.812. The minimum absolute atomic E-state index is 0.389. The molecule has 2 unspecified atom stereocenters. The Morgan fingerprint density at radius 2 is 2.06 bits per heavy atom. The van der Waals surface area contributed by atoms with Gasteiger partial charge in [-0.15, -0.1) is 0 Å². The van der Waals surface area contributed by atoms with Gasteiger partial charge in [-0.3, -0.25) is 0 Å². The lowest BCUT2D eigenvalue weighted by Gasteiger charge is -2.33. The second-order valence-corrected chi connectivity index (χ2v) is 5.85. The monoisotopic (exact) mass is 240 g/mol. The standard InChI is InChI=1S/C14H28N2O/c1-12(13-6-4-3-5-7-13)15-10-14-11-16(2)8-9-17-14/h12-15H,3-11H2,1-2H3. The van der Waals surface area contributed by atoms with E-state index in [9.17, 15) is 0 Å². The second-order valence-electron chi connectivity index (χ2n) is 5.85. The molecule has 0 bridgehead atoms. The van der Waals surface area contributed by atoms with Crippen molar-refractivity contribution in [1.82, 2.24) is 10.2 Å². The summed E-state index contributed by atoms with van der Waals surface area (Å²) in [7, 11) is 2.18. The van der Waals surface area contributed by atoms with E-state index in [1.165, 1.54) is 32.1 Å². The maximum Gasteiger partial charge on any atom is 0.0826 e. The predicted octanol–water partition coefficient (Wildman–Crippen LogP) is 1.88. The molecule has 0 spiro atoms. The van der Waals surface area contributed by atoms with Crippen LogP contribution in [0.25, 0.3) is 0 Å². The Morgan fingerprint density at radius 3 is 2.76 bits per heavy atom. The van der Waals surface area contributed by atoms with E-state index < -0.39 is 0 Å². The third kappa shape index (κ3) is 4.23. The summed E-state index contributed by atoms with van der Waals surface area (Å²) in [5.74, 6) is 0.894. The van der Waals surface area contributed by atoms with Crippen molar-refractivity contribution in [3.63, 3.8) is 0 Å². The van der Waals surface area contributed by atoms with E-state index in [1.54, 1.807) is 0 Å². The van der Waals surface area contributed by atoms with Crippen molar-refractivity contribution in [2.45, 2.75) is 51.2 Å². The summed E-state index contributed by atoms with van der Waals surface area (Å²) in [5, 5.41) is 3.69. The molecule has 0 aromatic carbocycles. The van der Waals surface area contributed by atoms with Crippen molar-refractivity contribution in [1.29, 1.82) is 0 Å². The van der Waals surface area contributed by atoms with E-state index in [0.29, 0.717) is 12.1 Å². The highest BCUT2D eigenvalue weighted by atomic mass is 16.5. The molecule has 1 heterocycles. The van der Waals surface area contributed by atoms with Gasteiger partial charge in [0.15, 0.2) is 0 Å². The summed E-state index contributed by atoms with van der Waals surface area (Å²) in [4.78, 5) is 2.36. The number of nitrogens with zero attached hydrogens (tertiary/aromatic N) is 1. The first-order chi connectivity index (χ1) is 8.25. The van der Waals surface area contributed by atoms with Crippen LogP contribution in [0.5, 0.6) is 0 Å². The zero-order valence-electron chi connectivity index (χ0n) is 11.5. The molecule has 0 aromatic rings. The average Bonchev–Trinajstić information content (AvgIpc) is 2.37. The van der Waals surface area contributed by atoms with Crippen LogP contribution in [0, 0.1) is 5.92 Å². The van der Waals surface area contributed by atoms with Gasteiger partial charge in [0.05, 0.1) is 12.7 Å². The van der Waals surface area contributed by atoms with E-state index in [4.69, 9.17) is 4.74 Å². The van der Waals surface area contributed by atoms with E-state index >= 15 is 0 Å². The molecule has 0 aromatic heterocycles. The largest absolute Gasteiger partial charge is 0.374 e. The van der Waals surface area contributed by atoms with Gasteiger partial charge in [-0.1, -0.05) is 19.3 Å². The van der Waals surface area contributed by atoms with Crippen molar-refractivity contribution in [3.8, 4) is 0 Å². The number of likely N-dealkylation sites (N-methyl/N-ethyl adjacent to an activating group) is 1. The number of rotatable bonds is 4. The number of hydrogen-bond acceptors (Lipinski definition) is 3. The van der Waals surface area contributed by atoms with Crippen molar-refractivity contribution < 1.29 is 4.74 Å². The Balaban J connectivity index is 1.66. The summed E-state index contributed by atoms with van der Waals surface area (Å²) in [6.07, 6.45) is 7.53. The molecule has 0 amide bonds. The molecule has 3 heteroatoms. The van der Waals surface area contributed by atoms with Crippen LogP contribution in [-0.4, -0.2) is 50.3 Å². The third-order valence-corrected chi connectivity index (χ3v) is 4.37. The maximum atomic E-state index is 5.78. The molecule has 1 aliphatic heterocycles. The smallest absolute Gasteiger partial charge is 0.0826 e. The van der Waals surface area contributed by atoms with Crippen molar-refractivity contribution >= 4 is 0 Å². The highest BCUT2D eigenvalue weighted by molar-refractivity contribution is 4.78. The highest BCUT2D eigenvalue weighted by Gasteiger charge is 2.22. The van der Waals surface area contributed by atoms with E-state index in [-0.39, 0.29) is 0 Å². The lowest BCUT2D eigenvalue weighted by atomic mass is 9.84. The minimum Gasteiger partial charge on any atom is -0.374 e. The van der Waals surface area contributed by atoms with E-state index in [2.05, 4.69) is 24.2 Å². The predicted molar refractivity (Wildman–Crippen MR) is 71.3 cm³/mol. The summed E-state index contributed by atoms with van der Waals surface area (Å²) in [6.45, 7) is 6.41. The van der Waals surface area contributed by atoms with Crippen LogP contribution in [0.15, 0.2) is 0 Å². The molecule has 2 rings (SSSR count). The van der Waals surface area contributed by atoms with Crippen LogP contribution >= 0.6 is 0 Å². The lowest BCUT2D eigenvalue weighted by molar-refractivity contribution is -0.0200. The van der Waals surface area contributed by atoms with Crippen LogP contribution in [0.2, 0.25) is 0 Å². The molecular formula is C14H28N2O. The van der Waals surface area contributed by atoms with Gasteiger partial charge in [-0.2, -0.15) is 0 Å². The molecule has 17 heavy (non-hydrogen) atoms. The van der Waals surface area contributed by atoms with Crippen molar-refractivity contribution in [2.75, 3.05) is 33.3 Å². The van der Waals surface area contributed by atoms with Gasteiger partial charge in [0.1, 0.15) is 0 Å². The number of morpholine rings is 1. The topological polar surface area (TPSA) is 24.5 Å². The first-order valence-corrected chi connectivity index (χ1v) is 7.29. The SMILES string of the molecule is CC(NCC1CN(C)CCO1)C1CCCCC1. The fraction of sp³-hybridized carbons (Fsp3) is 1.00. The molecule has 1 saturated carbocycles. The Labute approximate surface area is 106 Å². The zero-order chi connectivity index (χ0) is 12.1. The number of ether oxygens (including phenoxy) is 1. The third-order valence-electron chi connectivity index (χ3n) is 4.37. The van der Waals surface area contributed by atoms with Gasteiger partial charge in [0.25, 0.3) is 0 Å². The van der Waals surface area contributed by atoms with Gasteiger partial charge < -0.3 is 15.0 Å². The van der Waals surface area contributed by atoms with Gasteiger partial charge >= 0.3 is 0 Å². The van der Waals surface area contributed by atoms with Crippen molar-refractivity contribution in [3.05, 3.63) is 0 Å². The van der Waals surface area contributed by atoms with E-state index in [1.807, 2.05) is 0 Å². The van der Waals surface area contributed by atoms with Crippen molar-refractivity contribution in [2.24, 2.45) is 5.92 Å². The summed E-state index contributed by atoms with van der Waals surface area (Å²) in [6, 6.07) is 0.658. The van der Waals surface area contributed by atoms with E-state index in [0.717, 1.165) is 32.2 Å². The molecule has 1 N–H and O–H groups in total. The summed E-state index contributed by atoms with van der Waals surface area (Å²) in [5.41, 5.74) is 0. The first-order valence-electron chi connectivity index (χ1n) is 7.29. The molecule has 0 radical (unpaired) electrons. The van der Waals surface area contributed by atoms with Crippen LogP contribution < -0.4 is 5.32 Å². The van der Waals surface area contributed by atoms with Gasteiger partial charge in [-0.05, 0) is 32.7 Å². The molecule has 2 atom stereocenters. The second kappa shape index (κ2) is 6.72. The van der Waals surface area contributed by atoms with Crippen LogP contribution in [0.3, 0.4) is 0 Å². The Kier molecular flexibility index (Phi) is 5.26. The molecular weight excluding hydrogens is 212 g/mol. The van der Waals surface area contributed by atoms with Gasteiger partial charge in [-0.25, -0.2) is 0 Å². The molecule has 1 aliphatic carbocycles. The highest BCUT2D eigenvalue weighted by Crippen LogP contribution is 2.26. The van der Waals surface area contributed by atoms with Crippen LogP contribution in [-0.2, 0) is 4.74 Å². The summed E-state index contributed by atoms with van der Waals surface area (Å²) < 4.78 is 5.78. The molecule has 2 fully saturated rings. The Morgan fingerprint density at radius 1 is 1.29 bits per heavy atom. The molecule has 3 nitrogen and oxygen atoms in total. The van der Waals surface area contributed by atoms with Gasteiger partial charge in [0, 0.05) is 25.7 Å². The average molecular weight is 240 g/mol. The van der Waals surface area contributed by atoms with Crippen LogP contribution in [0.1, 0.15) is 39.0 Å². The first kappa shape index (κ1) is 13.3. The summed E-state index contributed by atoms with van der Waals surface area (Å²) >= 11 is 0. The normalized spacial score (nSPS) is 30.4.